The summed E-state index contributed by atoms with van der Waals surface area (Å²) in [6, 6.07) is 5.08. The predicted molar refractivity (Wildman–Crippen MR) is 55.6 cm³/mol. The van der Waals surface area contributed by atoms with E-state index in [1.807, 2.05) is 14.8 Å². The SMILES string of the molecule is Bc1ccc(S(=O)(=O)NC)cc1C. The van der Waals surface area contributed by atoms with E-state index >= 15 is 0 Å². The molecule has 0 bridgehead atoms. The first kappa shape index (κ1) is 10.3. The van der Waals surface area contributed by atoms with Crippen LogP contribution >= 0.6 is 0 Å². The number of rotatable bonds is 2. The summed E-state index contributed by atoms with van der Waals surface area (Å²) in [6.45, 7) is 1.89. The number of hydrogen-bond donors (Lipinski definition) is 1. The van der Waals surface area contributed by atoms with Crippen LogP contribution in [0.15, 0.2) is 23.1 Å². The summed E-state index contributed by atoms with van der Waals surface area (Å²) in [6.07, 6.45) is 0. The minimum atomic E-state index is -3.29. The van der Waals surface area contributed by atoms with Gasteiger partial charge in [0.15, 0.2) is 0 Å². The molecule has 5 heteroatoms. The van der Waals surface area contributed by atoms with Crippen LogP contribution in [0.3, 0.4) is 0 Å². The molecule has 0 saturated heterocycles. The molecule has 0 radical (unpaired) electrons. The van der Waals surface area contributed by atoms with Crippen LogP contribution < -0.4 is 10.2 Å². The van der Waals surface area contributed by atoms with Gasteiger partial charge in [-0.2, -0.15) is 0 Å². The maximum Gasteiger partial charge on any atom is 0.240 e. The lowest BCUT2D eigenvalue weighted by molar-refractivity contribution is 0.588. The van der Waals surface area contributed by atoms with Crippen molar-refractivity contribution in [1.29, 1.82) is 0 Å². The van der Waals surface area contributed by atoms with Crippen LogP contribution in [0.1, 0.15) is 5.56 Å². The Morgan fingerprint density at radius 2 is 2.00 bits per heavy atom. The number of benzene rings is 1. The van der Waals surface area contributed by atoms with Gasteiger partial charge in [-0.3, -0.25) is 0 Å². The second-order valence-electron chi connectivity index (χ2n) is 2.95. The lowest BCUT2D eigenvalue weighted by atomic mass is 9.92. The largest absolute Gasteiger partial charge is 0.240 e. The van der Waals surface area contributed by atoms with Crippen molar-refractivity contribution >= 4 is 23.3 Å². The first-order chi connectivity index (χ1) is 5.97. The minimum absolute atomic E-state index is 0.318. The van der Waals surface area contributed by atoms with E-state index in [1.54, 1.807) is 18.2 Å². The average Bonchev–Trinajstić information content (AvgIpc) is 2.09. The smallest absolute Gasteiger partial charge is 0.214 e. The second-order valence-corrected chi connectivity index (χ2v) is 4.84. The van der Waals surface area contributed by atoms with Gasteiger partial charge >= 0.3 is 0 Å². The molecular formula is C8H12BNO2S. The summed E-state index contributed by atoms with van der Waals surface area (Å²) in [5, 5.41) is 0. The van der Waals surface area contributed by atoms with Gasteiger partial charge in [0.25, 0.3) is 0 Å². The third kappa shape index (κ3) is 2.11. The predicted octanol–water partition coefficient (Wildman–Crippen LogP) is -0.838. The zero-order valence-corrected chi connectivity index (χ0v) is 8.77. The van der Waals surface area contributed by atoms with E-state index in [-0.39, 0.29) is 0 Å². The fourth-order valence-corrected chi connectivity index (χ4v) is 1.81. The Labute approximate surface area is 79.6 Å². The Hall–Kier alpha value is -0.805. The zero-order valence-electron chi connectivity index (χ0n) is 7.96. The van der Waals surface area contributed by atoms with Crippen molar-refractivity contribution in [2.45, 2.75) is 11.8 Å². The fourth-order valence-electron chi connectivity index (χ4n) is 0.999. The average molecular weight is 197 g/mol. The van der Waals surface area contributed by atoms with E-state index in [0.717, 1.165) is 11.0 Å². The van der Waals surface area contributed by atoms with Gasteiger partial charge in [0.05, 0.1) is 4.90 Å². The molecule has 13 heavy (non-hydrogen) atoms. The van der Waals surface area contributed by atoms with Gasteiger partial charge in [-0.25, -0.2) is 13.1 Å². The normalized spacial score (nSPS) is 11.5. The van der Waals surface area contributed by atoms with Gasteiger partial charge in [-0.05, 0) is 26.1 Å². The van der Waals surface area contributed by atoms with E-state index in [9.17, 15) is 8.42 Å². The standard InChI is InChI=1S/C8H12BNO2S/c1-6-5-7(3-4-8(6)9)13(11,12)10-2/h3-5,10H,9H2,1-2H3. The molecule has 0 amide bonds. The Morgan fingerprint density at radius 3 is 2.46 bits per heavy atom. The highest BCUT2D eigenvalue weighted by molar-refractivity contribution is 7.89. The van der Waals surface area contributed by atoms with Gasteiger partial charge in [-0.1, -0.05) is 17.1 Å². The Kier molecular flexibility index (Phi) is 2.78. The first-order valence-electron chi connectivity index (χ1n) is 3.98. The van der Waals surface area contributed by atoms with E-state index in [1.165, 1.54) is 7.05 Å². The molecule has 0 aromatic heterocycles. The lowest BCUT2D eigenvalue weighted by Gasteiger charge is -2.05. The van der Waals surface area contributed by atoms with Gasteiger partial charge < -0.3 is 0 Å². The molecule has 0 aliphatic heterocycles. The third-order valence-corrected chi connectivity index (χ3v) is 3.47. The third-order valence-electron chi connectivity index (χ3n) is 2.06. The van der Waals surface area contributed by atoms with Crippen LogP contribution in [0, 0.1) is 6.92 Å². The van der Waals surface area contributed by atoms with Crippen LogP contribution in [0.2, 0.25) is 0 Å². The van der Waals surface area contributed by atoms with Gasteiger partial charge in [0.1, 0.15) is 7.85 Å². The molecule has 1 aromatic carbocycles. The highest BCUT2D eigenvalue weighted by atomic mass is 32.2. The van der Waals surface area contributed by atoms with Crippen molar-refractivity contribution in [3.05, 3.63) is 23.8 Å². The topological polar surface area (TPSA) is 46.2 Å². The molecule has 0 heterocycles. The van der Waals surface area contributed by atoms with Gasteiger partial charge in [-0.15, -0.1) is 0 Å². The first-order valence-corrected chi connectivity index (χ1v) is 5.46. The molecule has 3 nitrogen and oxygen atoms in total. The molecule has 0 saturated carbocycles. The monoisotopic (exact) mass is 197 g/mol. The molecular weight excluding hydrogens is 185 g/mol. The van der Waals surface area contributed by atoms with Crippen LogP contribution in [0.4, 0.5) is 0 Å². The Bertz CT molecular complexity index is 414. The summed E-state index contributed by atoms with van der Waals surface area (Å²) in [7, 11) is 0.0693. The second kappa shape index (κ2) is 3.51. The number of hydrogen-bond acceptors (Lipinski definition) is 2. The van der Waals surface area contributed by atoms with Crippen molar-refractivity contribution in [3.8, 4) is 0 Å². The van der Waals surface area contributed by atoms with Crippen LogP contribution in [0.25, 0.3) is 0 Å². The van der Waals surface area contributed by atoms with Gasteiger partial charge in [0.2, 0.25) is 10.0 Å². The zero-order chi connectivity index (χ0) is 10.1. The molecule has 1 rings (SSSR count). The van der Waals surface area contributed by atoms with Crippen molar-refractivity contribution in [3.63, 3.8) is 0 Å². The summed E-state index contributed by atoms with van der Waals surface area (Å²) in [5.41, 5.74) is 2.08. The molecule has 0 aliphatic carbocycles. The Balaban J connectivity index is 3.27. The fraction of sp³-hybridized carbons (Fsp3) is 0.250. The minimum Gasteiger partial charge on any atom is -0.214 e. The summed E-state index contributed by atoms with van der Waals surface area (Å²) >= 11 is 0. The molecule has 0 unspecified atom stereocenters. The molecule has 0 atom stereocenters. The van der Waals surface area contributed by atoms with Crippen molar-refractivity contribution in [2.75, 3.05) is 7.05 Å². The van der Waals surface area contributed by atoms with Gasteiger partial charge in [0, 0.05) is 0 Å². The summed E-state index contributed by atoms with van der Waals surface area (Å²) in [5.74, 6) is 0. The van der Waals surface area contributed by atoms with Crippen molar-refractivity contribution in [1.82, 2.24) is 4.72 Å². The van der Waals surface area contributed by atoms with Crippen LogP contribution in [-0.4, -0.2) is 23.3 Å². The number of sulfonamides is 1. The lowest BCUT2D eigenvalue weighted by Crippen LogP contribution is -2.20. The van der Waals surface area contributed by atoms with E-state index in [4.69, 9.17) is 0 Å². The van der Waals surface area contributed by atoms with E-state index < -0.39 is 10.0 Å². The molecule has 1 aromatic rings. The van der Waals surface area contributed by atoms with Crippen LogP contribution in [0.5, 0.6) is 0 Å². The molecule has 0 aliphatic rings. The number of nitrogens with one attached hydrogen (secondary N) is 1. The van der Waals surface area contributed by atoms with E-state index in [0.29, 0.717) is 4.90 Å². The molecule has 1 N–H and O–H groups in total. The number of aryl methyl sites for hydroxylation is 1. The highest BCUT2D eigenvalue weighted by Gasteiger charge is 2.10. The Morgan fingerprint density at radius 1 is 1.38 bits per heavy atom. The molecule has 0 spiro atoms. The van der Waals surface area contributed by atoms with Crippen LogP contribution in [-0.2, 0) is 10.0 Å². The highest BCUT2D eigenvalue weighted by Crippen LogP contribution is 2.07. The molecule has 70 valence electrons. The quantitative estimate of drug-likeness (QED) is 0.628. The maximum absolute atomic E-state index is 11.4. The van der Waals surface area contributed by atoms with E-state index in [2.05, 4.69) is 4.72 Å². The summed E-state index contributed by atoms with van der Waals surface area (Å²) < 4.78 is 25.0. The summed E-state index contributed by atoms with van der Waals surface area (Å²) in [4.78, 5) is 0.318. The molecule has 0 fully saturated rings. The maximum atomic E-state index is 11.4. The van der Waals surface area contributed by atoms with Crippen molar-refractivity contribution < 1.29 is 8.42 Å². The van der Waals surface area contributed by atoms with Crippen molar-refractivity contribution in [2.24, 2.45) is 0 Å².